The second-order valence-electron chi connectivity index (χ2n) is 6.16. The Morgan fingerprint density at radius 3 is 2.90 bits per heavy atom. The van der Waals surface area contributed by atoms with Gasteiger partial charge >= 0.3 is 0 Å². The quantitative estimate of drug-likeness (QED) is 0.897. The van der Waals surface area contributed by atoms with Crippen molar-refractivity contribution >= 4 is 0 Å². The molecule has 4 atom stereocenters. The summed E-state index contributed by atoms with van der Waals surface area (Å²) in [4.78, 5) is 9.41. The zero-order valence-electron chi connectivity index (χ0n) is 12.7. The predicted molar refractivity (Wildman–Crippen MR) is 78.7 cm³/mol. The first-order valence-electron chi connectivity index (χ1n) is 7.91. The van der Waals surface area contributed by atoms with E-state index in [2.05, 4.69) is 31.1 Å². The molecule has 3 heterocycles. The first-order chi connectivity index (χ1) is 9.69. The number of ether oxygens (including phenoxy) is 1. The van der Waals surface area contributed by atoms with E-state index in [-0.39, 0.29) is 0 Å². The van der Waals surface area contributed by atoms with Gasteiger partial charge in [-0.1, -0.05) is 6.92 Å². The van der Waals surface area contributed by atoms with E-state index < -0.39 is 0 Å². The van der Waals surface area contributed by atoms with Crippen LogP contribution in [-0.2, 0) is 4.74 Å². The van der Waals surface area contributed by atoms with Crippen LogP contribution in [-0.4, -0.2) is 28.7 Å². The van der Waals surface area contributed by atoms with E-state index in [1.165, 1.54) is 18.4 Å². The van der Waals surface area contributed by atoms with E-state index in [9.17, 15) is 0 Å². The lowest BCUT2D eigenvalue weighted by molar-refractivity contribution is 0.0998. The maximum Gasteiger partial charge on any atom is 0.134 e. The molecule has 2 saturated heterocycles. The predicted octanol–water partition coefficient (Wildman–Crippen LogP) is 2.88. The Kier molecular flexibility index (Phi) is 4.03. The molecule has 0 aromatic carbocycles. The van der Waals surface area contributed by atoms with Crippen molar-refractivity contribution in [1.29, 1.82) is 0 Å². The van der Waals surface area contributed by atoms with Gasteiger partial charge in [0.05, 0.1) is 12.2 Å². The van der Waals surface area contributed by atoms with Crippen LogP contribution in [0.5, 0.6) is 0 Å². The number of aryl methyl sites for hydroxylation is 1. The van der Waals surface area contributed by atoms with Gasteiger partial charge in [-0.25, -0.2) is 9.97 Å². The van der Waals surface area contributed by atoms with E-state index in [4.69, 9.17) is 9.72 Å². The number of nitrogens with one attached hydrogen (secondary N) is 1. The number of hydrogen-bond acceptors (Lipinski definition) is 4. The summed E-state index contributed by atoms with van der Waals surface area (Å²) in [5.74, 6) is 1.40. The van der Waals surface area contributed by atoms with Gasteiger partial charge in [-0.05, 0) is 46.1 Å². The molecule has 4 heteroatoms. The fourth-order valence-electron chi connectivity index (χ4n) is 3.48. The molecule has 4 nitrogen and oxygen atoms in total. The van der Waals surface area contributed by atoms with Crippen molar-refractivity contribution in [3.63, 3.8) is 0 Å². The summed E-state index contributed by atoms with van der Waals surface area (Å²) in [6, 6.07) is 0.320. The average molecular weight is 275 g/mol. The molecule has 110 valence electrons. The SMILES string of the molecule is CCCNC(C)c1cnc(C2CC3CCC2O3)nc1C. The molecule has 1 aromatic rings. The van der Waals surface area contributed by atoms with Crippen molar-refractivity contribution in [2.75, 3.05) is 6.54 Å². The Balaban J connectivity index is 1.74. The molecule has 2 aliphatic heterocycles. The molecule has 20 heavy (non-hydrogen) atoms. The molecule has 2 aliphatic rings. The van der Waals surface area contributed by atoms with Gasteiger partial charge in [0.2, 0.25) is 0 Å². The Bertz CT molecular complexity index is 477. The Hall–Kier alpha value is -1.00. The van der Waals surface area contributed by atoms with Gasteiger partial charge in [0, 0.05) is 29.4 Å². The average Bonchev–Trinajstić information content (AvgIpc) is 3.07. The van der Waals surface area contributed by atoms with Crippen molar-refractivity contribution in [2.45, 2.75) is 70.6 Å². The van der Waals surface area contributed by atoms with Crippen LogP contribution in [0.4, 0.5) is 0 Å². The van der Waals surface area contributed by atoms with Gasteiger partial charge in [-0.3, -0.25) is 0 Å². The summed E-state index contributed by atoms with van der Waals surface area (Å²) in [6.07, 6.45) is 7.47. The maximum absolute atomic E-state index is 5.92. The highest BCUT2D eigenvalue weighted by Crippen LogP contribution is 2.43. The molecular weight excluding hydrogens is 250 g/mol. The summed E-state index contributed by atoms with van der Waals surface area (Å²) >= 11 is 0. The van der Waals surface area contributed by atoms with Crippen molar-refractivity contribution in [2.24, 2.45) is 0 Å². The molecule has 3 rings (SSSR count). The maximum atomic E-state index is 5.92. The lowest BCUT2D eigenvalue weighted by Crippen LogP contribution is -2.22. The zero-order valence-corrected chi connectivity index (χ0v) is 12.7. The monoisotopic (exact) mass is 275 g/mol. The highest BCUT2D eigenvalue weighted by molar-refractivity contribution is 5.22. The van der Waals surface area contributed by atoms with Gasteiger partial charge in [0.15, 0.2) is 0 Å². The molecule has 0 amide bonds. The van der Waals surface area contributed by atoms with Gasteiger partial charge in [-0.2, -0.15) is 0 Å². The first kappa shape index (κ1) is 14.0. The lowest BCUT2D eigenvalue weighted by atomic mass is 9.88. The molecule has 2 fully saturated rings. The molecule has 0 radical (unpaired) electrons. The van der Waals surface area contributed by atoms with Crippen LogP contribution < -0.4 is 5.32 Å². The molecule has 1 aromatic heterocycles. The van der Waals surface area contributed by atoms with Gasteiger partial charge in [0.1, 0.15) is 5.82 Å². The number of hydrogen-bond donors (Lipinski definition) is 1. The van der Waals surface area contributed by atoms with Crippen LogP contribution in [0, 0.1) is 6.92 Å². The Morgan fingerprint density at radius 1 is 1.45 bits per heavy atom. The fraction of sp³-hybridized carbons (Fsp3) is 0.750. The lowest BCUT2D eigenvalue weighted by Gasteiger charge is -2.20. The van der Waals surface area contributed by atoms with Crippen LogP contribution in [0.1, 0.15) is 68.6 Å². The highest BCUT2D eigenvalue weighted by Gasteiger charge is 2.42. The van der Waals surface area contributed by atoms with E-state index >= 15 is 0 Å². The number of aromatic nitrogens is 2. The van der Waals surface area contributed by atoms with E-state index in [1.807, 2.05) is 6.20 Å². The van der Waals surface area contributed by atoms with Gasteiger partial charge in [0.25, 0.3) is 0 Å². The number of rotatable bonds is 5. The molecule has 1 N–H and O–H groups in total. The Labute approximate surface area is 121 Å². The van der Waals surface area contributed by atoms with Crippen LogP contribution >= 0.6 is 0 Å². The van der Waals surface area contributed by atoms with E-state index in [0.29, 0.717) is 24.2 Å². The molecule has 0 saturated carbocycles. The van der Waals surface area contributed by atoms with E-state index in [0.717, 1.165) is 30.9 Å². The number of nitrogens with zero attached hydrogens (tertiary/aromatic N) is 2. The zero-order chi connectivity index (χ0) is 14.1. The van der Waals surface area contributed by atoms with Gasteiger partial charge < -0.3 is 10.1 Å². The Morgan fingerprint density at radius 2 is 2.30 bits per heavy atom. The van der Waals surface area contributed by atoms with Crippen LogP contribution in [0.2, 0.25) is 0 Å². The standard InChI is InChI=1S/C16H25N3O/c1-4-7-17-10(2)14-9-18-16(19-11(14)3)13-8-12-5-6-15(13)20-12/h9-10,12-13,15,17H,4-8H2,1-3H3. The molecule has 2 bridgehead atoms. The second kappa shape index (κ2) is 5.78. The molecule has 4 unspecified atom stereocenters. The molecule has 0 aliphatic carbocycles. The molecular formula is C16H25N3O. The largest absolute Gasteiger partial charge is 0.374 e. The minimum Gasteiger partial charge on any atom is -0.374 e. The summed E-state index contributed by atoms with van der Waals surface area (Å²) in [5.41, 5.74) is 2.32. The van der Waals surface area contributed by atoms with Crippen molar-refractivity contribution in [1.82, 2.24) is 15.3 Å². The smallest absolute Gasteiger partial charge is 0.134 e. The third-order valence-corrected chi connectivity index (χ3v) is 4.64. The summed E-state index contributed by atoms with van der Waals surface area (Å²) < 4.78 is 5.92. The van der Waals surface area contributed by atoms with Crippen molar-refractivity contribution < 1.29 is 4.74 Å². The number of fused-ring (bicyclic) bond motifs is 2. The summed E-state index contributed by atoms with van der Waals surface area (Å²) in [5, 5.41) is 3.50. The second-order valence-corrected chi connectivity index (χ2v) is 6.16. The fourth-order valence-corrected chi connectivity index (χ4v) is 3.48. The van der Waals surface area contributed by atoms with E-state index in [1.54, 1.807) is 0 Å². The van der Waals surface area contributed by atoms with Crippen molar-refractivity contribution in [3.8, 4) is 0 Å². The van der Waals surface area contributed by atoms with Crippen LogP contribution in [0.25, 0.3) is 0 Å². The minimum atomic E-state index is 0.320. The van der Waals surface area contributed by atoms with Crippen LogP contribution in [0.15, 0.2) is 6.20 Å². The normalized spacial score (nSPS) is 29.9. The summed E-state index contributed by atoms with van der Waals surface area (Å²) in [6.45, 7) is 7.49. The minimum absolute atomic E-state index is 0.320. The van der Waals surface area contributed by atoms with Crippen molar-refractivity contribution in [3.05, 3.63) is 23.3 Å². The topological polar surface area (TPSA) is 47.0 Å². The highest BCUT2D eigenvalue weighted by atomic mass is 16.5. The third kappa shape index (κ3) is 2.59. The summed E-state index contributed by atoms with van der Waals surface area (Å²) in [7, 11) is 0. The van der Waals surface area contributed by atoms with Crippen LogP contribution in [0.3, 0.4) is 0 Å². The third-order valence-electron chi connectivity index (χ3n) is 4.64. The first-order valence-corrected chi connectivity index (χ1v) is 7.91. The molecule has 0 spiro atoms. The van der Waals surface area contributed by atoms with Gasteiger partial charge in [-0.15, -0.1) is 0 Å².